The van der Waals surface area contributed by atoms with Gasteiger partial charge in [-0.1, -0.05) is 43.7 Å². The first kappa shape index (κ1) is 11.9. The lowest BCUT2D eigenvalue weighted by molar-refractivity contribution is 0.103. The van der Waals surface area contributed by atoms with E-state index in [0.29, 0.717) is 6.10 Å². The monoisotopic (exact) mass is 230 g/mol. The summed E-state index contributed by atoms with van der Waals surface area (Å²) in [5, 5.41) is 0. The third-order valence-electron chi connectivity index (χ3n) is 2.99. The molecule has 0 radical (unpaired) electrons. The fraction of sp³-hybridized carbons (Fsp3) is 0.400. The smallest absolute Gasteiger partial charge is 0.189 e. The second-order valence-corrected chi connectivity index (χ2v) is 4.41. The number of hydrogen-bond donors (Lipinski definition) is 0. The first-order valence-corrected chi connectivity index (χ1v) is 6.26. The van der Waals surface area contributed by atoms with Crippen LogP contribution in [0.15, 0.2) is 42.2 Å². The van der Waals surface area contributed by atoms with Gasteiger partial charge in [0, 0.05) is 18.1 Å². The van der Waals surface area contributed by atoms with Crippen LogP contribution in [-0.4, -0.2) is 11.9 Å². The molecular weight excluding hydrogens is 212 g/mol. The minimum absolute atomic E-state index is 0.0396. The highest BCUT2D eigenvalue weighted by molar-refractivity contribution is 6.04. The first-order valence-electron chi connectivity index (χ1n) is 6.26. The first-order chi connectivity index (χ1) is 8.29. The summed E-state index contributed by atoms with van der Waals surface area (Å²) in [6.07, 6.45) is 6.10. The van der Waals surface area contributed by atoms with E-state index < -0.39 is 0 Å². The van der Waals surface area contributed by atoms with E-state index in [-0.39, 0.29) is 5.78 Å². The van der Waals surface area contributed by atoms with Gasteiger partial charge in [-0.3, -0.25) is 4.79 Å². The van der Waals surface area contributed by atoms with E-state index in [1.807, 2.05) is 30.3 Å². The van der Waals surface area contributed by atoms with E-state index in [9.17, 15) is 4.79 Å². The Balaban J connectivity index is 1.99. The summed E-state index contributed by atoms with van der Waals surface area (Å²) in [4.78, 5) is 11.9. The predicted molar refractivity (Wildman–Crippen MR) is 67.9 cm³/mol. The third kappa shape index (κ3) is 3.19. The van der Waals surface area contributed by atoms with Crippen molar-refractivity contribution < 1.29 is 9.53 Å². The summed E-state index contributed by atoms with van der Waals surface area (Å²) in [5.41, 5.74) is 0.725. The van der Waals surface area contributed by atoms with Crippen LogP contribution in [0, 0.1) is 0 Å². The van der Waals surface area contributed by atoms with Crippen molar-refractivity contribution in [3.05, 3.63) is 47.7 Å². The van der Waals surface area contributed by atoms with E-state index in [1.54, 1.807) is 6.08 Å². The minimum atomic E-state index is 0.0396. The molecule has 1 unspecified atom stereocenters. The maximum Gasteiger partial charge on any atom is 0.189 e. The van der Waals surface area contributed by atoms with Gasteiger partial charge in [-0.15, -0.1) is 0 Å². The zero-order chi connectivity index (χ0) is 12.1. The Morgan fingerprint density at radius 3 is 2.88 bits per heavy atom. The van der Waals surface area contributed by atoms with Gasteiger partial charge in [0.2, 0.25) is 0 Å². The molecule has 0 aliphatic carbocycles. The molecule has 1 fully saturated rings. The number of carbonyl (C=O) groups is 1. The quantitative estimate of drug-likeness (QED) is 0.582. The molecular formula is C15H18O2. The number of ketones is 1. The van der Waals surface area contributed by atoms with Crippen LogP contribution in [0.5, 0.6) is 0 Å². The standard InChI is InChI=1S/C15H18O2/c1-2-6-13-9-10-14(17-13)11-15(16)12-7-4-3-5-8-12/h3-5,7-8,11,13H,2,6,9-10H2,1H3/b14-11+. The molecule has 0 bridgehead atoms. The van der Waals surface area contributed by atoms with E-state index in [2.05, 4.69) is 6.92 Å². The molecule has 1 aliphatic heterocycles. The van der Waals surface area contributed by atoms with Gasteiger partial charge in [0.25, 0.3) is 0 Å². The Morgan fingerprint density at radius 1 is 1.41 bits per heavy atom. The average Bonchev–Trinajstić information content (AvgIpc) is 2.78. The summed E-state index contributed by atoms with van der Waals surface area (Å²) in [7, 11) is 0. The summed E-state index contributed by atoms with van der Waals surface area (Å²) in [6, 6.07) is 9.32. The van der Waals surface area contributed by atoms with Crippen molar-refractivity contribution in [1.29, 1.82) is 0 Å². The van der Waals surface area contributed by atoms with Crippen molar-refractivity contribution >= 4 is 5.78 Å². The molecule has 2 rings (SSSR count). The lowest BCUT2D eigenvalue weighted by atomic mass is 10.1. The van der Waals surface area contributed by atoms with Gasteiger partial charge in [0.15, 0.2) is 5.78 Å². The molecule has 0 aromatic heterocycles. The maximum absolute atomic E-state index is 11.9. The van der Waals surface area contributed by atoms with Crippen molar-refractivity contribution in [2.45, 2.75) is 38.7 Å². The normalized spacial score (nSPS) is 21.5. The molecule has 1 aromatic rings. The van der Waals surface area contributed by atoms with Crippen LogP contribution in [0.2, 0.25) is 0 Å². The third-order valence-corrected chi connectivity index (χ3v) is 2.99. The molecule has 90 valence electrons. The maximum atomic E-state index is 11.9. The fourth-order valence-corrected chi connectivity index (χ4v) is 2.10. The summed E-state index contributed by atoms with van der Waals surface area (Å²) >= 11 is 0. The van der Waals surface area contributed by atoms with Crippen molar-refractivity contribution in [1.82, 2.24) is 0 Å². The molecule has 2 heteroatoms. The van der Waals surface area contributed by atoms with Crippen LogP contribution in [0.4, 0.5) is 0 Å². The largest absolute Gasteiger partial charge is 0.495 e. The summed E-state index contributed by atoms with van der Waals surface area (Å²) in [5.74, 6) is 0.884. The number of allylic oxidation sites excluding steroid dienone is 2. The zero-order valence-electron chi connectivity index (χ0n) is 10.2. The number of carbonyl (C=O) groups excluding carboxylic acids is 1. The SMILES string of the molecule is CCCC1CC/C(=C\C(=O)c2ccccc2)O1. The highest BCUT2D eigenvalue weighted by Gasteiger charge is 2.20. The highest BCUT2D eigenvalue weighted by Crippen LogP contribution is 2.26. The summed E-state index contributed by atoms with van der Waals surface area (Å²) < 4.78 is 5.73. The van der Waals surface area contributed by atoms with Crippen LogP contribution >= 0.6 is 0 Å². The molecule has 0 spiro atoms. The van der Waals surface area contributed by atoms with E-state index in [0.717, 1.165) is 37.0 Å². The Bertz CT molecular complexity index is 406. The Morgan fingerprint density at radius 2 is 2.18 bits per heavy atom. The second kappa shape index (κ2) is 5.67. The molecule has 1 heterocycles. The molecule has 1 atom stereocenters. The van der Waals surface area contributed by atoms with Crippen molar-refractivity contribution in [3.63, 3.8) is 0 Å². The molecule has 2 nitrogen and oxygen atoms in total. The Labute approximate surface area is 102 Å². The topological polar surface area (TPSA) is 26.3 Å². The van der Waals surface area contributed by atoms with Crippen LogP contribution in [0.3, 0.4) is 0 Å². The van der Waals surface area contributed by atoms with E-state index >= 15 is 0 Å². The fourth-order valence-electron chi connectivity index (χ4n) is 2.10. The molecule has 0 N–H and O–H groups in total. The Hall–Kier alpha value is -1.57. The molecule has 1 aromatic carbocycles. The van der Waals surface area contributed by atoms with Crippen LogP contribution in [0.25, 0.3) is 0 Å². The lowest BCUT2D eigenvalue weighted by Gasteiger charge is -2.08. The van der Waals surface area contributed by atoms with Crippen molar-refractivity contribution in [2.75, 3.05) is 0 Å². The number of rotatable bonds is 4. The highest BCUT2D eigenvalue weighted by atomic mass is 16.5. The van der Waals surface area contributed by atoms with Crippen molar-refractivity contribution in [2.24, 2.45) is 0 Å². The van der Waals surface area contributed by atoms with Gasteiger partial charge >= 0.3 is 0 Å². The van der Waals surface area contributed by atoms with Gasteiger partial charge < -0.3 is 4.74 Å². The molecule has 0 amide bonds. The lowest BCUT2D eigenvalue weighted by Crippen LogP contribution is -2.03. The van der Waals surface area contributed by atoms with Gasteiger partial charge in [-0.2, -0.15) is 0 Å². The average molecular weight is 230 g/mol. The molecule has 1 saturated heterocycles. The van der Waals surface area contributed by atoms with Crippen LogP contribution in [-0.2, 0) is 4.74 Å². The number of hydrogen-bond acceptors (Lipinski definition) is 2. The second-order valence-electron chi connectivity index (χ2n) is 4.41. The molecule has 17 heavy (non-hydrogen) atoms. The van der Waals surface area contributed by atoms with Crippen LogP contribution in [0.1, 0.15) is 43.0 Å². The van der Waals surface area contributed by atoms with E-state index in [4.69, 9.17) is 4.74 Å². The van der Waals surface area contributed by atoms with Gasteiger partial charge in [-0.25, -0.2) is 0 Å². The zero-order valence-corrected chi connectivity index (χ0v) is 10.2. The van der Waals surface area contributed by atoms with Gasteiger partial charge in [-0.05, 0) is 12.8 Å². The van der Waals surface area contributed by atoms with E-state index in [1.165, 1.54) is 0 Å². The van der Waals surface area contributed by atoms with Gasteiger partial charge in [0.05, 0.1) is 6.10 Å². The predicted octanol–water partition coefficient (Wildman–Crippen LogP) is 3.73. The molecule has 0 saturated carbocycles. The number of benzene rings is 1. The Kier molecular flexibility index (Phi) is 3.97. The number of ether oxygens (including phenoxy) is 1. The molecule has 1 aliphatic rings. The minimum Gasteiger partial charge on any atom is -0.495 e. The van der Waals surface area contributed by atoms with Gasteiger partial charge in [0.1, 0.15) is 5.76 Å². The summed E-state index contributed by atoms with van der Waals surface area (Å²) in [6.45, 7) is 2.15. The van der Waals surface area contributed by atoms with Crippen LogP contribution < -0.4 is 0 Å². The van der Waals surface area contributed by atoms with Crippen molar-refractivity contribution in [3.8, 4) is 0 Å².